The minimum atomic E-state index is -4.76. The van der Waals surface area contributed by atoms with Gasteiger partial charge in [-0.05, 0) is 12.1 Å². The molecule has 2 rings (SSSR count). The largest absolute Gasteiger partial charge is 0.421 e. The molecular weight excluding hydrogens is 279 g/mol. The lowest BCUT2D eigenvalue weighted by atomic mass is 10.2. The average molecular weight is 287 g/mol. The van der Waals surface area contributed by atoms with Gasteiger partial charge in [0.15, 0.2) is 0 Å². The number of amides is 1. The molecule has 20 heavy (non-hydrogen) atoms. The van der Waals surface area contributed by atoms with E-state index in [0.717, 1.165) is 18.6 Å². The van der Waals surface area contributed by atoms with Gasteiger partial charge in [-0.3, -0.25) is 14.9 Å². The van der Waals surface area contributed by atoms with Crippen LogP contribution in [0.4, 0.5) is 19.1 Å². The number of anilines is 1. The Morgan fingerprint density at radius 2 is 2.20 bits per heavy atom. The molecule has 2 aromatic rings. The molecule has 2 aromatic heterocycles. The maximum absolute atomic E-state index is 12.5. The molecule has 0 atom stereocenters. The van der Waals surface area contributed by atoms with Gasteiger partial charge >= 0.3 is 6.18 Å². The van der Waals surface area contributed by atoms with E-state index in [1.54, 1.807) is 0 Å². The summed E-state index contributed by atoms with van der Waals surface area (Å²) in [5, 5.41) is 8.07. The van der Waals surface area contributed by atoms with Gasteiger partial charge in [0.1, 0.15) is 18.4 Å². The summed E-state index contributed by atoms with van der Waals surface area (Å²) >= 11 is 0. The molecule has 0 aliphatic rings. The van der Waals surface area contributed by atoms with Crippen molar-refractivity contribution in [1.29, 1.82) is 0 Å². The number of carbonyl (C=O) groups is 1. The monoisotopic (exact) mass is 287 g/mol. The Hall–Kier alpha value is -2.65. The van der Waals surface area contributed by atoms with Crippen molar-refractivity contribution in [3.63, 3.8) is 0 Å². The van der Waals surface area contributed by atoms with Crippen molar-refractivity contribution in [2.75, 3.05) is 5.32 Å². The third-order valence-corrected chi connectivity index (χ3v) is 2.31. The number of hydrogen-bond donors (Lipinski definition) is 2. The predicted octanol–water partition coefficient (Wildman–Crippen LogP) is 0.624. The molecular formula is C10H8F3N5O2. The highest BCUT2D eigenvalue weighted by Crippen LogP contribution is 2.25. The number of rotatable bonds is 3. The molecule has 0 radical (unpaired) electrons. The zero-order valence-corrected chi connectivity index (χ0v) is 9.81. The molecule has 0 saturated heterocycles. The van der Waals surface area contributed by atoms with Crippen LogP contribution < -0.4 is 10.9 Å². The van der Waals surface area contributed by atoms with E-state index in [0.29, 0.717) is 10.6 Å². The molecule has 0 aliphatic carbocycles. The lowest BCUT2D eigenvalue weighted by Crippen LogP contribution is -2.32. The van der Waals surface area contributed by atoms with Gasteiger partial charge in [-0.1, -0.05) is 0 Å². The highest BCUT2D eigenvalue weighted by atomic mass is 19.4. The summed E-state index contributed by atoms with van der Waals surface area (Å²) in [4.78, 5) is 26.7. The van der Waals surface area contributed by atoms with Crippen LogP contribution in [0.5, 0.6) is 0 Å². The summed E-state index contributed by atoms with van der Waals surface area (Å²) in [5.41, 5.74) is -2.61. The standard InChI is InChI=1S/C10H8F3N5O2/c11-10(12,13)6-2-1-3-18(8(6)20)4-7(19)16-9-14-5-15-17-9/h1-3,5H,4H2,(H2,14,15,16,17,19). The zero-order valence-electron chi connectivity index (χ0n) is 9.81. The van der Waals surface area contributed by atoms with Crippen molar-refractivity contribution in [2.45, 2.75) is 12.7 Å². The number of carbonyl (C=O) groups excluding carboxylic acids is 1. The lowest BCUT2D eigenvalue weighted by Gasteiger charge is -2.09. The van der Waals surface area contributed by atoms with E-state index in [9.17, 15) is 22.8 Å². The summed E-state index contributed by atoms with van der Waals surface area (Å²) in [7, 11) is 0. The molecule has 1 amide bonds. The Kier molecular flexibility index (Phi) is 3.55. The van der Waals surface area contributed by atoms with E-state index in [1.807, 2.05) is 0 Å². The maximum atomic E-state index is 12.5. The molecule has 10 heteroatoms. The summed E-state index contributed by atoms with van der Waals surface area (Å²) in [5.74, 6) is -0.668. The fourth-order valence-electron chi connectivity index (χ4n) is 1.47. The minimum absolute atomic E-state index is 0.0371. The van der Waals surface area contributed by atoms with Gasteiger partial charge in [-0.2, -0.15) is 23.3 Å². The van der Waals surface area contributed by atoms with Crippen LogP contribution in [0.1, 0.15) is 5.56 Å². The molecule has 2 heterocycles. The van der Waals surface area contributed by atoms with Gasteiger partial charge in [0.05, 0.1) is 0 Å². The maximum Gasteiger partial charge on any atom is 0.421 e. The first kappa shape index (κ1) is 13.8. The highest BCUT2D eigenvalue weighted by Gasteiger charge is 2.34. The van der Waals surface area contributed by atoms with Crippen LogP contribution in [-0.2, 0) is 17.5 Å². The molecule has 7 nitrogen and oxygen atoms in total. The first-order chi connectivity index (χ1) is 9.38. The van der Waals surface area contributed by atoms with Crippen molar-refractivity contribution in [3.05, 3.63) is 40.6 Å². The molecule has 0 saturated carbocycles. The van der Waals surface area contributed by atoms with E-state index in [4.69, 9.17) is 0 Å². The molecule has 0 aromatic carbocycles. The Morgan fingerprint density at radius 1 is 1.45 bits per heavy atom. The van der Waals surface area contributed by atoms with Crippen molar-refractivity contribution in [1.82, 2.24) is 19.7 Å². The van der Waals surface area contributed by atoms with E-state index in [1.165, 1.54) is 0 Å². The molecule has 0 bridgehead atoms. The molecule has 0 fully saturated rings. The fourth-order valence-corrected chi connectivity index (χ4v) is 1.47. The number of nitrogens with zero attached hydrogens (tertiary/aromatic N) is 3. The number of aromatic amines is 1. The normalized spacial score (nSPS) is 11.3. The van der Waals surface area contributed by atoms with Crippen molar-refractivity contribution in [2.24, 2.45) is 0 Å². The number of H-pyrrole nitrogens is 1. The minimum Gasteiger partial charge on any atom is -0.306 e. The van der Waals surface area contributed by atoms with Crippen LogP contribution >= 0.6 is 0 Å². The molecule has 106 valence electrons. The van der Waals surface area contributed by atoms with Crippen LogP contribution in [0, 0.1) is 0 Å². The van der Waals surface area contributed by atoms with Crippen LogP contribution in [0.15, 0.2) is 29.5 Å². The molecule has 2 N–H and O–H groups in total. The quantitative estimate of drug-likeness (QED) is 0.865. The molecule has 0 aliphatic heterocycles. The summed E-state index contributed by atoms with van der Waals surface area (Å²) in [6.45, 7) is -0.566. The predicted molar refractivity (Wildman–Crippen MR) is 60.7 cm³/mol. The second-order valence-electron chi connectivity index (χ2n) is 3.73. The van der Waals surface area contributed by atoms with Gasteiger partial charge in [0.25, 0.3) is 5.56 Å². The second kappa shape index (κ2) is 5.15. The summed E-state index contributed by atoms with van der Waals surface area (Å²) in [6, 6.07) is 1.71. The molecule has 0 spiro atoms. The van der Waals surface area contributed by atoms with Crippen molar-refractivity contribution < 1.29 is 18.0 Å². The first-order valence-corrected chi connectivity index (χ1v) is 5.30. The number of hydrogen-bond acceptors (Lipinski definition) is 4. The van der Waals surface area contributed by atoms with Crippen molar-refractivity contribution in [3.8, 4) is 0 Å². The van der Waals surface area contributed by atoms with E-state index < -0.39 is 29.8 Å². The van der Waals surface area contributed by atoms with E-state index >= 15 is 0 Å². The van der Waals surface area contributed by atoms with Crippen LogP contribution in [0.3, 0.4) is 0 Å². The highest BCUT2D eigenvalue weighted by molar-refractivity contribution is 5.88. The van der Waals surface area contributed by atoms with Gasteiger partial charge in [-0.25, -0.2) is 5.10 Å². The Morgan fingerprint density at radius 3 is 2.80 bits per heavy atom. The number of nitrogens with one attached hydrogen (secondary N) is 2. The Balaban J connectivity index is 2.18. The van der Waals surface area contributed by atoms with Crippen molar-refractivity contribution >= 4 is 11.9 Å². The molecule has 0 unspecified atom stereocenters. The van der Waals surface area contributed by atoms with Crippen LogP contribution in [0.2, 0.25) is 0 Å². The smallest absolute Gasteiger partial charge is 0.306 e. The second-order valence-corrected chi connectivity index (χ2v) is 3.73. The van der Waals surface area contributed by atoms with Crippen LogP contribution in [-0.4, -0.2) is 25.7 Å². The third-order valence-electron chi connectivity index (χ3n) is 2.31. The number of pyridine rings is 1. The summed E-state index contributed by atoms with van der Waals surface area (Å²) < 4.78 is 38.3. The van der Waals surface area contributed by atoms with Gasteiger partial charge < -0.3 is 4.57 Å². The number of halogens is 3. The summed E-state index contributed by atoms with van der Waals surface area (Å²) in [6.07, 6.45) is -2.52. The third kappa shape index (κ3) is 3.02. The van der Waals surface area contributed by atoms with Crippen LogP contribution in [0.25, 0.3) is 0 Å². The average Bonchev–Trinajstić information content (AvgIpc) is 2.83. The fraction of sp³-hybridized carbons (Fsp3) is 0.200. The van der Waals surface area contributed by atoms with Gasteiger partial charge in [0, 0.05) is 6.20 Å². The topological polar surface area (TPSA) is 92.7 Å². The Labute approximate surface area is 109 Å². The van der Waals surface area contributed by atoms with Gasteiger partial charge in [0.2, 0.25) is 11.9 Å². The van der Waals surface area contributed by atoms with E-state index in [2.05, 4.69) is 20.5 Å². The number of alkyl halides is 3. The van der Waals surface area contributed by atoms with E-state index in [-0.39, 0.29) is 5.95 Å². The first-order valence-electron chi connectivity index (χ1n) is 5.30. The SMILES string of the molecule is O=C(Cn1cccc(C(F)(F)F)c1=O)Nc1ncn[nH]1. The zero-order chi connectivity index (χ0) is 14.8. The van der Waals surface area contributed by atoms with Gasteiger partial charge in [-0.15, -0.1) is 0 Å². The lowest BCUT2D eigenvalue weighted by molar-refractivity contribution is -0.139. The number of aromatic nitrogens is 4. The Bertz CT molecular complexity index is 662.